The minimum absolute atomic E-state index is 0.100. The van der Waals surface area contributed by atoms with Gasteiger partial charge in [-0.2, -0.15) is 0 Å². The molecule has 3 atom stereocenters. The monoisotopic (exact) mass is 392 g/mol. The van der Waals surface area contributed by atoms with Gasteiger partial charge < -0.3 is 4.74 Å². The highest BCUT2D eigenvalue weighted by Crippen LogP contribution is 2.45. The van der Waals surface area contributed by atoms with Gasteiger partial charge in [0.25, 0.3) is 0 Å². The molecule has 1 fully saturated rings. The molecule has 0 aromatic heterocycles. The quantitative estimate of drug-likeness (QED) is 0.473. The SMILES string of the molecule is CC(C)C1CCC(C)(C)CC1C(=O)CCC(Oc1ccccc1)c1ccccc1. The zero-order valence-electron chi connectivity index (χ0n) is 18.4. The molecule has 0 amide bonds. The Kier molecular flexibility index (Phi) is 7.16. The van der Waals surface area contributed by atoms with E-state index in [0.717, 1.165) is 24.2 Å². The van der Waals surface area contributed by atoms with Crippen molar-refractivity contribution in [1.82, 2.24) is 0 Å². The van der Waals surface area contributed by atoms with Crippen molar-refractivity contribution in [1.29, 1.82) is 0 Å². The number of para-hydroxylation sites is 1. The Hall–Kier alpha value is -2.09. The molecule has 1 saturated carbocycles. The molecule has 0 N–H and O–H groups in total. The topological polar surface area (TPSA) is 26.3 Å². The van der Waals surface area contributed by atoms with Gasteiger partial charge in [-0.15, -0.1) is 0 Å². The summed E-state index contributed by atoms with van der Waals surface area (Å²) in [4.78, 5) is 13.3. The van der Waals surface area contributed by atoms with Gasteiger partial charge in [0.2, 0.25) is 0 Å². The number of hydrogen-bond acceptors (Lipinski definition) is 2. The molecule has 156 valence electrons. The minimum atomic E-state index is -0.100. The van der Waals surface area contributed by atoms with Crippen LogP contribution in [0.5, 0.6) is 5.75 Å². The van der Waals surface area contributed by atoms with Gasteiger partial charge in [0.05, 0.1) is 0 Å². The molecule has 29 heavy (non-hydrogen) atoms. The van der Waals surface area contributed by atoms with Crippen LogP contribution in [-0.4, -0.2) is 5.78 Å². The zero-order chi connectivity index (χ0) is 20.9. The van der Waals surface area contributed by atoms with Crippen LogP contribution in [-0.2, 0) is 4.79 Å². The van der Waals surface area contributed by atoms with Gasteiger partial charge in [-0.05, 0) is 60.6 Å². The molecule has 0 heterocycles. The molecular weight excluding hydrogens is 356 g/mol. The van der Waals surface area contributed by atoms with E-state index in [-0.39, 0.29) is 17.4 Å². The van der Waals surface area contributed by atoms with Crippen molar-refractivity contribution in [2.24, 2.45) is 23.2 Å². The van der Waals surface area contributed by atoms with Gasteiger partial charge in [-0.1, -0.05) is 76.2 Å². The number of Topliss-reactive ketones (excluding diaryl/α,β-unsaturated/α-hetero) is 1. The van der Waals surface area contributed by atoms with E-state index in [0.29, 0.717) is 24.0 Å². The van der Waals surface area contributed by atoms with E-state index in [1.807, 2.05) is 48.5 Å². The van der Waals surface area contributed by atoms with Crippen molar-refractivity contribution < 1.29 is 9.53 Å². The van der Waals surface area contributed by atoms with E-state index in [4.69, 9.17) is 4.74 Å². The van der Waals surface area contributed by atoms with Crippen molar-refractivity contribution in [3.63, 3.8) is 0 Å². The fraction of sp³-hybridized carbons (Fsp3) is 0.519. The second kappa shape index (κ2) is 9.61. The number of rotatable bonds is 8. The van der Waals surface area contributed by atoms with Crippen LogP contribution in [0.15, 0.2) is 60.7 Å². The summed E-state index contributed by atoms with van der Waals surface area (Å²) < 4.78 is 6.30. The summed E-state index contributed by atoms with van der Waals surface area (Å²) >= 11 is 0. The Morgan fingerprint density at radius 3 is 2.28 bits per heavy atom. The van der Waals surface area contributed by atoms with Crippen LogP contribution >= 0.6 is 0 Å². The predicted octanol–water partition coefficient (Wildman–Crippen LogP) is 7.25. The van der Waals surface area contributed by atoms with Crippen molar-refractivity contribution in [2.75, 3.05) is 0 Å². The van der Waals surface area contributed by atoms with Crippen LogP contribution in [0.2, 0.25) is 0 Å². The van der Waals surface area contributed by atoms with Gasteiger partial charge in [-0.25, -0.2) is 0 Å². The van der Waals surface area contributed by atoms with Crippen molar-refractivity contribution in [3.05, 3.63) is 66.2 Å². The highest BCUT2D eigenvalue weighted by Gasteiger charge is 2.39. The maximum Gasteiger partial charge on any atom is 0.136 e. The van der Waals surface area contributed by atoms with Crippen molar-refractivity contribution in [2.45, 2.75) is 65.9 Å². The van der Waals surface area contributed by atoms with Crippen LogP contribution < -0.4 is 4.74 Å². The molecular formula is C27H36O2. The molecule has 0 radical (unpaired) electrons. The Morgan fingerprint density at radius 1 is 1.03 bits per heavy atom. The molecule has 2 nitrogen and oxygen atoms in total. The summed E-state index contributed by atoms with van der Waals surface area (Å²) in [5.74, 6) is 2.54. The third-order valence-electron chi connectivity index (χ3n) is 6.56. The smallest absolute Gasteiger partial charge is 0.136 e. The first-order chi connectivity index (χ1) is 13.9. The third kappa shape index (κ3) is 5.95. The third-order valence-corrected chi connectivity index (χ3v) is 6.56. The lowest BCUT2D eigenvalue weighted by atomic mass is 9.62. The van der Waals surface area contributed by atoms with Crippen LogP contribution in [0.25, 0.3) is 0 Å². The number of carbonyl (C=O) groups excluding carboxylic acids is 1. The van der Waals surface area contributed by atoms with E-state index in [1.165, 1.54) is 12.8 Å². The number of hydrogen-bond donors (Lipinski definition) is 0. The first kappa shape index (κ1) is 21.6. The van der Waals surface area contributed by atoms with E-state index in [2.05, 4.69) is 39.8 Å². The van der Waals surface area contributed by atoms with Gasteiger partial charge in [0.15, 0.2) is 0 Å². The van der Waals surface area contributed by atoms with E-state index >= 15 is 0 Å². The van der Waals surface area contributed by atoms with Crippen LogP contribution in [0.4, 0.5) is 0 Å². The van der Waals surface area contributed by atoms with E-state index in [9.17, 15) is 4.79 Å². The summed E-state index contributed by atoms with van der Waals surface area (Å²) in [5.41, 5.74) is 1.40. The lowest BCUT2D eigenvalue weighted by Crippen LogP contribution is -2.37. The van der Waals surface area contributed by atoms with Crippen molar-refractivity contribution >= 4 is 5.78 Å². The summed E-state index contributed by atoms with van der Waals surface area (Å²) in [5, 5.41) is 0. The van der Waals surface area contributed by atoms with Gasteiger partial charge in [0, 0.05) is 12.3 Å². The van der Waals surface area contributed by atoms with Crippen LogP contribution in [0.1, 0.15) is 71.5 Å². The summed E-state index contributed by atoms with van der Waals surface area (Å²) in [6.45, 7) is 9.17. The Morgan fingerprint density at radius 2 is 1.66 bits per heavy atom. The first-order valence-corrected chi connectivity index (χ1v) is 11.1. The molecule has 2 aromatic carbocycles. The molecule has 2 heteroatoms. The van der Waals surface area contributed by atoms with Crippen molar-refractivity contribution in [3.8, 4) is 5.75 Å². The van der Waals surface area contributed by atoms with Gasteiger partial charge in [-0.3, -0.25) is 4.79 Å². The first-order valence-electron chi connectivity index (χ1n) is 11.1. The average Bonchev–Trinajstić information content (AvgIpc) is 2.71. The highest BCUT2D eigenvalue weighted by atomic mass is 16.5. The molecule has 0 bridgehead atoms. The second-order valence-corrected chi connectivity index (χ2v) is 9.76. The molecule has 3 rings (SSSR count). The zero-order valence-corrected chi connectivity index (χ0v) is 18.4. The minimum Gasteiger partial charge on any atom is -0.486 e. The van der Waals surface area contributed by atoms with Gasteiger partial charge in [0.1, 0.15) is 17.6 Å². The fourth-order valence-electron chi connectivity index (χ4n) is 4.84. The largest absolute Gasteiger partial charge is 0.486 e. The average molecular weight is 393 g/mol. The summed E-state index contributed by atoms with van der Waals surface area (Å²) in [7, 11) is 0. The molecule has 3 unspecified atom stereocenters. The Balaban J connectivity index is 1.71. The number of ether oxygens (including phenoxy) is 1. The highest BCUT2D eigenvalue weighted by molar-refractivity contribution is 5.81. The summed E-state index contributed by atoms with van der Waals surface area (Å²) in [6.07, 6.45) is 4.62. The maximum atomic E-state index is 13.3. The molecule has 2 aromatic rings. The lowest BCUT2D eigenvalue weighted by molar-refractivity contribution is -0.128. The number of ketones is 1. The van der Waals surface area contributed by atoms with Crippen LogP contribution in [0, 0.1) is 23.2 Å². The number of carbonyl (C=O) groups is 1. The molecule has 0 saturated heterocycles. The van der Waals surface area contributed by atoms with Gasteiger partial charge >= 0.3 is 0 Å². The fourth-order valence-corrected chi connectivity index (χ4v) is 4.84. The van der Waals surface area contributed by atoms with E-state index in [1.54, 1.807) is 0 Å². The second-order valence-electron chi connectivity index (χ2n) is 9.76. The molecule has 0 spiro atoms. The normalized spacial score (nSPS) is 22.2. The predicted molar refractivity (Wildman–Crippen MR) is 120 cm³/mol. The van der Waals surface area contributed by atoms with E-state index < -0.39 is 0 Å². The maximum absolute atomic E-state index is 13.3. The molecule has 1 aliphatic carbocycles. The Bertz CT molecular complexity index is 764. The summed E-state index contributed by atoms with van der Waals surface area (Å²) in [6, 6.07) is 20.2. The Labute approximate surface area is 176 Å². The molecule has 0 aliphatic heterocycles. The van der Waals surface area contributed by atoms with Crippen LogP contribution in [0.3, 0.4) is 0 Å². The lowest BCUT2D eigenvalue weighted by Gasteiger charge is -2.42. The number of benzene rings is 2. The molecule has 1 aliphatic rings. The standard InChI is InChI=1S/C27H36O2/c1-20(2)23-17-18-27(3,4)19-24(23)25(28)15-16-26(21-11-7-5-8-12-21)29-22-13-9-6-10-14-22/h5-14,20,23-24,26H,15-19H2,1-4H3.